The minimum Gasteiger partial charge on any atom is -0.492 e. The number of aliphatic carboxylic acids is 1. The summed E-state index contributed by atoms with van der Waals surface area (Å²) in [4.78, 5) is 25.2. The highest BCUT2D eigenvalue weighted by atomic mass is 16.6. The average Bonchev–Trinajstić information content (AvgIpc) is 2.79. The van der Waals surface area contributed by atoms with Gasteiger partial charge in [-0.3, -0.25) is 0 Å². The molecule has 1 atom stereocenters. The zero-order valence-corrected chi connectivity index (χ0v) is 18.9. The number of carboxylic acids is 1. The van der Waals surface area contributed by atoms with E-state index in [4.69, 9.17) is 14.2 Å². The molecule has 174 valence electrons. The Balaban J connectivity index is 1.82. The Morgan fingerprint density at radius 2 is 1.66 bits per heavy atom. The summed E-state index contributed by atoms with van der Waals surface area (Å²) in [6.45, 7) is 5.58. The van der Waals surface area contributed by atoms with Crippen LogP contribution in [0.2, 0.25) is 0 Å². The molecule has 2 aromatic carbocycles. The molecule has 7 heteroatoms. The van der Waals surface area contributed by atoms with Crippen molar-refractivity contribution in [2.75, 3.05) is 32.9 Å². The fraction of sp³-hybridized carbons (Fsp3) is 0.440. The second kappa shape index (κ2) is 14.1. The topological polar surface area (TPSA) is 85.3 Å². The molecule has 2 aromatic rings. The first kappa shape index (κ1) is 25.2. The van der Waals surface area contributed by atoms with E-state index >= 15 is 0 Å². The summed E-state index contributed by atoms with van der Waals surface area (Å²) in [6.07, 6.45) is 0.817. The molecule has 0 spiro atoms. The monoisotopic (exact) mass is 443 g/mol. The first-order valence-corrected chi connectivity index (χ1v) is 11.0. The van der Waals surface area contributed by atoms with Crippen LogP contribution in [0.25, 0.3) is 0 Å². The molecule has 0 aliphatic carbocycles. The number of hydrogen-bond donors (Lipinski definition) is 1. The summed E-state index contributed by atoms with van der Waals surface area (Å²) in [7, 11) is 0. The van der Waals surface area contributed by atoms with Gasteiger partial charge in [0, 0.05) is 19.6 Å². The number of nitrogens with zero attached hydrogens (tertiary/aromatic N) is 1. The summed E-state index contributed by atoms with van der Waals surface area (Å²) in [5.74, 6) is -0.316. The molecule has 1 unspecified atom stereocenters. The van der Waals surface area contributed by atoms with Crippen LogP contribution in [0.15, 0.2) is 54.6 Å². The maximum Gasteiger partial charge on any atom is 0.409 e. The van der Waals surface area contributed by atoms with Gasteiger partial charge in [0.2, 0.25) is 0 Å². The van der Waals surface area contributed by atoms with Crippen molar-refractivity contribution in [3.8, 4) is 5.75 Å². The van der Waals surface area contributed by atoms with Crippen molar-refractivity contribution in [1.82, 2.24) is 4.90 Å². The molecule has 1 amide bonds. The number of ether oxygens (including phenoxy) is 3. The van der Waals surface area contributed by atoms with Crippen LogP contribution in [0.3, 0.4) is 0 Å². The smallest absolute Gasteiger partial charge is 0.409 e. The molecule has 0 heterocycles. The van der Waals surface area contributed by atoms with E-state index in [0.29, 0.717) is 45.1 Å². The number of carbonyl (C=O) groups is 2. The Bertz CT molecular complexity index is 809. The van der Waals surface area contributed by atoms with Crippen molar-refractivity contribution in [2.45, 2.75) is 39.2 Å². The van der Waals surface area contributed by atoms with Gasteiger partial charge in [-0.1, -0.05) is 42.5 Å². The Labute approximate surface area is 189 Å². The first-order chi connectivity index (χ1) is 15.5. The minimum absolute atomic E-state index is 0.293. The van der Waals surface area contributed by atoms with E-state index in [1.807, 2.05) is 30.3 Å². The maximum atomic E-state index is 12.3. The molecule has 0 saturated heterocycles. The SMILES string of the molecule is CCOC(=O)N(CCCc1ccccc1)CCOc1ccc(CC(OCC)C(=O)O)cc1. The highest BCUT2D eigenvalue weighted by Gasteiger charge is 2.18. The standard InChI is InChI=1S/C25H33NO6/c1-3-30-23(24(27)28)19-21-12-14-22(15-13-21)32-18-17-26(25(29)31-4-2)16-8-11-20-9-6-5-7-10-20/h5-7,9-10,12-15,23H,3-4,8,11,16-19H2,1-2H3,(H,27,28). The quantitative estimate of drug-likeness (QED) is 0.471. The molecule has 1 N–H and O–H groups in total. The lowest BCUT2D eigenvalue weighted by atomic mass is 10.1. The lowest BCUT2D eigenvalue weighted by Gasteiger charge is -2.22. The van der Waals surface area contributed by atoms with Gasteiger partial charge in [-0.25, -0.2) is 9.59 Å². The maximum absolute atomic E-state index is 12.3. The second-order valence-corrected chi connectivity index (χ2v) is 7.25. The van der Waals surface area contributed by atoms with E-state index in [1.54, 1.807) is 30.9 Å². The minimum atomic E-state index is -0.974. The number of hydrogen-bond acceptors (Lipinski definition) is 5. The molecule has 0 radical (unpaired) electrons. The van der Waals surface area contributed by atoms with Crippen LogP contribution in [-0.2, 0) is 27.1 Å². The van der Waals surface area contributed by atoms with Gasteiger partial charge in [0.05, 0.1) is 13.2 Å². The van der Waals surface area contributed by atoms with E-state index in [1.165, 1.54) is 5.56 Å². The van der Waals surface area contributed by atoms with Crippen molar-refractivity contribution in [1.29, 1.82) is 0 Å². The largest absolute Gasteiger partial charge is 0.492 e. The Morgan fingerprint density at radius 1 is 0.938 bits per heavy atom. The highest BCUT2D eigenvalue weighted by Crippen LogP contribution is 2.15. The van der Waals surface area contributed by atoms with Gasteiger partial charge in [0.15, 0.2) is 6.10 Å². The lowest BCUT2D eigenvalue weighted by molar-refractivity contribution is -0.149. The Hall–Kier alpha value is -3.06. The van der Waals surface area contributed by atoms with Crippen LogP contribution in [0.4, 0.5) is 4.79 Å². The van der Waals surface area contributed by atoms with Gasteiger partial charge in [0.1, 0.15) is 12.4 Å². The van der Waals surface area contributed by atoms with E-state index in [-0.39, 0.29) is 6.09 Å². The molecular weight excluding hydrogens is 410 g/mol. The third kappa shape index (κ3) is 8.98. The number of amides is 1. The van der Waals surface area contributed by atoms with Crippen molar-refractivity contribution in [3.05, 3.63) is 65.7 Å². The van der Waals surface area contributed by atoms with Gasteiger partial charge < -0.3 is 24.2 Å². The molecule has 0 bridgehead atoms. The lowest BCUT2D eigenvalue weighted by Crippen LogP contribution is -2.36. The first-order valence-electron chi connectivity index (χ1n) is 11.0. The Kier molecular flexibility index (Phi) is 11.1. The molecule has 2 rings (SSSR count). The highest BCUT2D eigenvalue weighted by molar-refractivity contribution is 5.72. The second-order valence-electron chi connectivity index (χ2n) is 7.25. The molecule has 0 saturated carbocycles. The zero-order chi connectivity index (χ0) is 23.2. The third-order valence-electron chi connectivity index (χ3n) is 4.88. The fourth-order valence-corrected chi connectivity index (χ4v) is 3.26. The predicted molar refractivity (Wildman–Crippen MR) is 122 cm³/mol. The molecule has 0 aliphatic heterocycles. The van der Waals surface area contributed by atoms with Crippen molar-refractivity contribution in [2.24, 2.45) is 0 Å². The van der Waals surface area contributed by atoms with Crippen LogP contribution < -0.4 is 4.74 Å². The number of rotatable bonds is 14. The summed E-state index contributed by atoms with van der Waals surface area (Å²) < 4.78 is 16.2. The number of carbonyl (C=O) groups excluding carboxylic acids is 1. The van der Waals surface area contributed by atoms with E-state index in [0.717, 1.165) is 18.4 Å². The van der Waals surface area contributed by atoms with Crippen LogP contribution in [-0.4, -0.2) is 61.1 Å². The summed E-state index contributed by atoms with van der Waals surface area (Å²) >= 11 is 0. The van der Waals surface area contributed by atoms with Crippen LogP contribution in [0.5, 0.6) is 5.75 Å². The number of carboxylic acid groups (broad SMARTS) is 1. The van der Waals surface area contributed by atoms with Crippen molar-refractivity contribution in [3.63, 3.8) is 0 Å². The summed E-state index contributed by atoms with van der Waals surface area (Å²) in [5.41, 5.74) is 2.09. The van der Waals surface area contributed by atoms with Crippen molar-refractivity contribution < 1.29 is 28.9 Å². The molecule has 0 aromatic heterocycles. The van der Waals surface area contributed by atoms with Gasteiger partial charge in [-0.05, 0) is 49.9 Å². The van der Waals surface area contributed by atoms with Crippen LogP contribution >= 0.6 is 0 Å². The van der Waals surface area contributed by atoms with Gasteiger partial charge in [-0.2, -0.15) is 0 Å². The van der Waals surface area contributed by atoms with Crippen molar-refractivity contribution >= 4 is 12.1 Å². The zero-order valence-electron chi connectivity index (χ0n) is 18.9. The molecular formula is C25H33NO6. The molecule has 7 nitrogen and oxygen atoms in total. The molecule has 0 fully saturated rings. The van der Waals surface area contributed by atoms with E-state index in [2.05, 4.69) is 12.1 Å². The number of aryl methyl sites for hydroxylation is 1. The van der Waals surface area contributed by atoms with Gasteiger partial charge >= 0.3 is 12.1 Å². The molecule has 0 aliphatic rings. The summed E-state index contributed by atoms with van der Waals surface area (Å²) in [6, 6.07) is 17.4. The predicted octanol–water partition coefficient (Wildman–Crippen LogP) is 4.19. The van der Waals surface area contributed by atoms with E-state index in [9.17, 15) is 14.7 Å². The normalized spacial score (nSPS) is 11.6. The van der Waals surface area contributed by atoms with Crippen LogP contribution in [0, 0.1) is 0 Å². The third-order valence-corrected chi connectivity index (χ3v) is 4.88. The van der Waals surface area contributed by atoms with Gasteiger partial charge in [0.25, 0.3) is 0 Å². The Morgan fingerprint density at radius 3 is 2.28 bits per heavy atom. The summed E-state index contributed by atoms with van der Waals surface area (Å²) in [5, 5.41) is 9.21. The van der Waals surface area contributed by atoms with Crippen LogP contribution in [0.1, 0.15) is 31.4 Å². The number of benzene rings is 2. The fourth-order valence-electron chi connectivity index (χ4n) is 3.26. The van der Waals surface area contributed by atoms with Gasteiger partial charge in [-0.15, -0.1) is 0 Å². The van der Waals surface area contributed by atoms with E-state index < -0.39 is 12.1 Å². The average molecular weight is 444 g/mol. The molecule has 32 heavy (non-hydrogen) atoms.